The van der Waals surface area contributed by atoms with Gasteiger partial charge in [0.2, 0.25) is 0 Å². The van der Waals surface area contributed by atoms with E-state index in [-0.39, 0.29) is 29.6 Å². The Balaban J connectivity index is 1.28. The van der Waals surface area contributed by atoms with Gasteiger partial charge in [-0.25, -0.2) is 28.1 Å². The van der Waals surface area contributed by atoms with Crippen LogP contribution >= 0.6 is 11.3 Å². The van der Waals surface area contributed by atoms with Crippen LogP contribution in [0, 0.1) is 12.7 Å². The number of aromatic nitrogens is 7. The second kappa shape index (κ2) is 8.95. The third kappa shape index (κ3) is 4.25. The zero-order valence-electron chi connectivity index (χ0n) is 20.7. The van der Waals surface area contributed by atoms with Crippen LogP contribution in [0.1, 0.15) is 16.9 Å². The molecule has 0 radical (unpaired) electrons. The number of hydrogen-bond donors (Lipinski definition) is 2. The van der Waals surface area contributed by atoms with Crippen LogP contribution in [0.4, 0.5) is 13.2 Å². The Hall–Kier alpha value is -4.16. The quantitative estimate of drug-likeness (QED) is 0.276. The predicted octanol–water partition coefficient (Wildman–Crippen LogP) is 5.98. The van der Waals surface area contributed by atoms with Crippen molar-refractivity contribution in [2.45, 2.75) is 25.8 Å². The van der Waals surface area contributed by atoms with Gasteiger partial charge in [-0.3, -0.25) is 15.0 Å². The van der Waals surface area contributed by atoms with Crippen molar-refractivity contribution in [1.82, 2.24) is 40.0 Å². The van der Waals surface area contributed by atoms with Crippen molar-refractivity contribution in [2.24, 2.45) is 0 Å². The number of aromatic amines is 2. The van der Waals surface area contributed by atoms with Crippen molar-refractivity contribution < 1.29 is 13.2 Å². The van der Waals surface area contributed by atoms with Gasteiger partial charge in [0.25, 0.3) is 5.92 Å². The summed E-state index contributed by atoms with van der Waals surface area (Å²) in [6.07, 6.45) is 6.09. The molecule has 0 spiro atoms. The highest BCUT2D eigenvalue weighted by molar-refractivity contribution is 7.15. The Morgan fingerprint density at radius 2 is 1.97 bits per heavy atom. The average molecular weight is 547 g/mol. The van der Waals surface area contributed by atoms with Gasteiger partial charge in [0.05, 0.1) is 17.4 Å². The zero-order chi connectivity index (χ0) is 26.7. The van der Waals surface area contributed by atoms with E-state index in [0.717, 1.165) is 21.5 Å². The maximum Gasteiger partial charge on any atom is 0.261 e. The van der Waals surface area contributed by atoms with Crippen molar-refractivity contribution in [3.8, 4) is 33.1 Å². The molecule has 1 aliphatic heterocycles. The number of hydrogen-bond acceptors (Lipinski definition) is 7. The maximum absolute atomic E-state index is 16.1. The molecule has 0 bridgehead atoms. The Labute approximate surface area is 224 Å². The summed E-state index contributed by atoms with van der Waals surface area (Å²) in [5.41, 5.74) is 4.21. The first-order valence-electron chi connectivity index (χ1n) is 12.3. The topological polar surface area (TPSA) is 99.3 Å². The van der Waals surface area contributed by atoms with Gasteiger partial charge >= 0.3 is 0 Å². The molecule has 12 heteroatoms. The Morgan fingerprint density at radius 1 is 1.08 bits per heavy atom. The average Bonchev–Trinajstić information content (AvgIpc) is 3.70. The SMILES string of the molecule is Cc1ccc(-c2ccnc3nc(-c4[nH]nc5ncc(-c6cncc(CN7CCC(F)(F)C7)c6)c(F)c45)[nH]c23)s1. The number of H-pyrrole nitrogens is 2. The lowest BCUT2D eigenvalue weighted by Gasteiger charge is -2.15. The van der Waals surface area contributed by atoms with E-state index >= 15 is 4.39 Å². The predicted molar refractivity (Wildman–Crippen MR) is 143 cm³/mol. The summed E-state index contributed by atoms with van der Waals surface area (Å²) in [5.74, 6) is -2.82. The summed E-state index contributed by atoms with van der Waals surface area (Å²) in [5, 5.41) is 7.26. The van der Waals surface area contributed by atoms with Gasteiger partial charge in [-0.15, -0.1) is 11.3 Å². The van der Waals surface area contributed by atoms with E-state index < -0.39 is 11.7 Å². The second-order valence-electron chi connectivity index (χ2n) is 9.73. The lowest BCUT2D eigenvalue weighted by atomic mass is 10.0. The lowest BCUT2D eigenvalue weighted by molar-refractivity contribution is 0.0115. The number of imidazole rings is 1. The van der Waals surface area contributed by atoms with Crippen LogP contribution in [0.2, 0.25) is 0 Å². The molecule has 6 aromatic rings. The number of halogens is 3. The number of thiophene rings is 1. The van der Waals surface area contributed by atoms with E-state index in [9.17, 15) is 8.78 Å². The van der Waals surface area contributed by atoms with Crippen LogP contribution in [0.15, 0.2) is 49.1 Å². The standard InChI is InChI=1S/C27H21F3N8S/c1-14-2-3-19(39-14)17-4-6-32-25-22(17)34-26(35-25)23-20-21(28)18(11-33-24(20)37-36-23)16-8-15(9-31-10-16)12-38-7-5-27(29,30)13-38/h2-4,6,8-11H,5,7,12-13H2,1H3,(H,32,34,35)(H,33,36,37). The van der Waals surface area contributed by atoms with Crippen molar-refractivity contribution in [3.63, 3.8) is 0 Å². The molecule has 7 heterocycles. The lowest BCUT2D eigenvalue weighted by Crippen LogP contribution is -2.24. The van der Waals surface area contributed by atoms with Crippen molar-refractivity contribution in [3.05, 3.63) is 65.3 Å². The van der Waals surface area contributed by atoms with Crippen molar-refractivity contribution in [1.29, 1.82) is 0 Å². The molecule has 0 atom stereocenters. The molecule has 7 rings (SSSR count). The highest BCUT2D eigenvalue weighted by Crippen LogP contribution is 2.36. The molecule has 2 N–H and O–H groups in total. The molecule has 1 aliphatic rings. The van der Waals surface area contributed by atoms with Gasteiger partial charge in [0.1, 0.15) is 11.5 Å². The molecular weight excluding hydrogens is 525 g/mol. The largest absolute Gasteiger partial charge is 0.335 e. The summed E-state index contributed by atoms with van der Waals surface area (Å²) < 4.78 is 43.3. The zero-order valence-corrected chi connectivity index (χ0v) is 21.5. The molecule has 0 unspecified atom stereocenters. The van der Waals surface area contributed by atoms with Gasteiger partial charge in [-0.1, -0.05) is 0 Å². The van der Waals surface area contributed by atoms with E-state index in [0.29, 0.717) is 35.8 Å². The van der Waals surface area contributed by atoms with E-state index in [4.69, 9.17) is 0 Å². The molecule has 6 aromatic heterocycles. The molecule has 39 heavy (non-hydrogen) atoms. The van der Waals surface area contributed by atoms with Crippen LogP contribution in [-0.4, -0.2) is 59.0 Å². The molecule has 0 amide bonds. The fourth-order valence-electron chi connectivity index (χ4n) is 5.06. The minimum atomic E-state index is -2.68. The van der Waals surface area contributed by atoms with E-state index in [1.807, 2.05) is 19.1 Å². The van der Waals surface area contributed by atoms with Crippen LogP contribution in [0.5, 0.6) is 0 Å². The summed E-state index contributed by atoms with van der Waals surface area (Å²) in [7, 11) is 0. The first-order chi connectivity index (χ1) is 18.8. The fourth-order valence-corrected chi connectivity index (χ4v) is 5.96. The highest BCUT2D eigenvalue weighted by atomic mass is 32.1. The van der Waals surface area contributed by atoms with Crippen LogP contribution in [-0.2, 0) is 6.54 Å². The fraction of sp³-hybridized carbons (Fsp3) is 0.222. The van der Waals surface area contributed by atoms with E-state index in [1.54, 1.807) is 34.7 Å². The van der Waals surface area contributed by atoms with Gasteiger partial charge in [-0.05, 0) is 36.8 Å². The number of rotatable bonds is 5. The van der Waals surface area contributed by atoms with Gasteiger partial charge in [-0.2, -0.15) is 5.10 Å². The number of likely N-dealkylation sites (tertiary alicyclic amines) is 1. The third-order valence-corrected chi connectivity index (χ3v) is 7.95. The van der Waals surface area contributed by atoms with Crippen molar-refractivity contribution >= 4 is 33.5 Å². The van der Waals surface area contributed by atoms with E-state index in [1.165, 1.54) is 17.3 Å². The maximum atomic E-state index is 16.1. The van der Waals surface area contributed by atoms with Crippen molar-refractivity contribution in [2.75, 3.05) is 13.1 Å². The molecule has 1 saturated heterocycles. The number of fused-ring (bicyclic) bond motifs is 2. The molecular formula is C27H21F3N8S. The summed E-state index contributed by atoms with van der Waals surface area (Å²) in [6, 6.07) is 7.78. The smallest absolute Gasteiger partial charge is 0.261 e. The Morgan fingerprint density at radius 3 is 2.77 bits per heavy atom. The first kappa shape index (κ1) is 23.9. The molecule has 196 valence electrons. The number of nitrogens with one attached hydrogen (secondary N) is 2. The Bertz CT molecular complexity index is 1860. The summed E-state index contributed by atoms with van der Waals surface area (Å²) in [4.78, 5) is 24.8. The first-order valence-corrected chi connectivity index (χ1v) is 13.2. The summed E-state index contributed by atoms with van der Waals surface area (Å²) in [6.45, 7) is 2.36. The van der Waals surface area contributed by atoms with Crippen LogP contribution in [0.25, 0.3) is 55.3 Å². The van der Waals surface area contributed by atoms with E-state index in [2.05, 4.69) is 41.2 Å². The number of alkyl halides is 2. The van der Waals surface area contributed by atoms with Gasteiger partial charge < -0.3 is 4.98 Å². The minimum absolute atomic E-state index is 0.162. The molecule has 0 saturated carbocycles. The van der Waals surface area contributed by atoms with Crippen LogP contribution in [0.3, 0.4) is 0 Å². The molecule has 1 fully saturated rings. The third-order valence-electron chi connectivity index (χ3n) is 6.91. The molecule has 0 aliphatic carbocycles. The van der Waals surface area contributed by atoms with Crippen LogP contribution < -0.4 is 0 Å². The molecule has 0 aromatic carbocycles. The highest BCUT2D eigenvalue weighted by Gasteiger charge is 2.38. The monoisotopic (exact) mass is 546 g/mol. The van der Waals surface area contributed by atoms with Gasteiger partial charge in [0, 0.05) is 70.7 Å². The number of pyridine rings is 3. The number of aryl methyl sites for hydroxylation is 1. The normalized spacial score (nSPS) is 15.6. The molecule has 8 nitrogen and oxygen atoms in total. The second-order valence-corrected chi connectivity index (χ2v) is 11.0. The minimum Gasteiger partial charge on any atom is -0.335 e. The summed E-state index contributed by atoms with van der Waals surface area (Å²) >= 11 is 1.67. The van der Waals surface area contributed by atoms with Gasteiger partial charge in [0.15, 0.2) is 17.1 Å². The Kier molecular flexibility index (Phi) is 5.49. The number of nitrogens with zero attached hydrogens (tertiary/aromatic N) is 6.